The predicted molar refractivity (Wildman–Crippen MR) is 49.9 cm³/mol. The van der Waals surface area contributed by atoms with E-state index in [1.54, 1.807) is 0 Å². The molecule has 1 fully saturated rings. The van der Waals surface area contributed by atoms with E-state index in [9.17, 15) is 4.79 Å². The normalized spacial score (nSPS) is 28.0. The fourth-order valence-corrected chi connectivity index (χ4v) is 1.33. The van der Waals surface area contributed by atoms with Crippen molar-refractivity contribution in [1.29, 1.82) is 0 Å². The third-order valence-corrected chi connectivity index (χ3v) is 2.13. The molecule has 0 aromatic rings. The molecule has 1 aliphatic heterocycles. The highest BCUT2D eigenvalue weighted by Crippen LogP contribution is 2.16. The molecular weight excluding hydrogens is 168 g/mol. The van der Waals surface area contributed by atoms with Crippen LogP contribution in [0.3, 0.4) is 0 Å². The van der Waals surface area contributed by atoms with E-state index in [1.165, 1.54) is 0 Å². The highest BCUT2D eigenvalue weighted by atomic mass is 16.5. The number of hydrogen-bond acceptors (Lipinski definition) is 4. The summed E-state index contributed by atoms with van der Waals surface area (Å²) in [6, 6.07) is -0.358. The van der Waals surface area contributed by atoms with E-state index in [1.807, 2.05) is 13.8 Å². The zero-order valence-electron chi connectivity index (χ0n) is 8.04. The second-order valence-corrected chi connectivity index (χ2v) is 3.57. The minimum atomic E-state index is -0.358. The minimum absolute atomic E-state index is 0.0787. The van der Waals surface area contributed by atoms with Crippen LogP contribution in [0.15, 0.2) is 11.3 Å². The Morgan fingerprint density at radius 1 is 1.62 bits per heavy atom. The van der Waals surface area contributed by atoms with Crippen molar-refractivity contribution < 1.29 is 9.53 Å². The second-order valence-electron chi connectivity index (χ2n) is 3.57. The van der Waals surface area contributed by atoms with Gasteiger partial charge in [-0.05, 0) is 5.92 Å². The third-order valence-electron chi connectivity index (χ3n) is 2.13. The Balaban J connectivity index is 2.97. The van der Waals surface area contributed by atoms with Crippen molar-refractivity contribution in [3.05, 3.63) is 11.3 Å². The first kappa shape index (κ1) is 10.2. The standard InChI is InChI=1S/C9H16N2O2/c1-5(2)9(11)8-6(10)3-13-4-7(8)12/h5-6H,3-4,10-11H2,1-2H3/b9-8+. The monoisotopic (exact) mass is 184 g/mol. The minimum Gasteiger partial charge on any atom is -0.401 e. The van der Waals surface area contributed by atoms with Gasteiger partial charge in [-0.1, -0.05) is 13.8 Å². The Hall–Kier alpha value is -0.870. The van der Waals surface area contributed by atoms with Crippen molar-refractivity contribution in [3.8, 4) is 0 Å². The van der Waals surface area contributed by atoms with Gasteiger partial charge in [0.15, 0.2) is 5.78 Å². The van der Waals surface area contributed by atoms with Gasteiger partial charge < -0.3 is 16.2 Å². The lowest BCUT2D eigenvalue weighted by Crippen LogP contribution is -2.41. The number of allylic oxidation sites excluding steroid dienone is 1. The maximum absolute atomic E-state index is 11.4. The van der Waals surface area contributed by atoms with E-state index >= 15 is 0 Å². The van der Waals surface area contributed by atoms with E-state index in [0.29, 0.717) is 17.9 Å². The number of hydrogen-bond donors (Lipinski definition) is 2. The number of Topliss-reactive ketones (excluding diaryl/α,β-unsaturated/α-hetero) is 1. The van der Waals surface area contributed by atoms with Gasteiger partial charge in [-0.2, -0.15) is 0 Å². The van der Waals surface area contributed by atoms with E-state index in [2.05, 4.69) is 0 Å². The van der Waals surface area contributed by atoms with E-state index in [0.717, 1.165) is 0 Å². The topological polar surface area (TPSA) is 78.3 Å². The average Bonchev–Trinajstić information content (AvgIpc) is 2.03. The Kier molecular flexibility index (Phi) is 3.06. The van der Waals surface area contributed by atoms with Crippen LogP contribution in [-0.4, -0.2) is 25.0 Å². The van der Waals surface area contributed by atoms with Crippen LogP contribution in [0.1, 0.15) is 13.8 Å². The average molecular weight is 184 g/mol. The predicted octanol–water partition coefficient (Wildman–Crippen LogP) is -0.218. The molecule has 1 rings (SSSR count). The summed E-state index contributed by atoms with van der Waals surface area (Å²) in [4.78, 5) is 11.4. The van der Waals surface area contributed by atoms with Crippen molar-refractivity contribution >= 4 is 5.78 Å². The molecule has 1 aliphatic rings. The van der Waals surface area contributed by atoms with Crippen molar-refractivity contribution in [2.24, 2.45) is 17.4 Å². The molecule has 13 heavy (non-hydrogen) atoms. The fraction of sp³-hybridized carbons (Fsp3) is 0.667. The molecule has 0 bridgehead atoms. The van der Waals surface area contributed by atoms with Crippen LogP contribution in [0.5, 0.6) is 0 Å². The second kappa shape index (κ2) is 3.89. The van der Waals surface area contributed by atoms with Gasteiger partial charge in [0.2, 0.25) is 0 Å². The number of ketones is 1. The molecule has 0 aliphatic carbocycles. The summed E-state index contributed by atoms with van der Waals surface area (Å²) < 4.78 is 4.99. The van der Waals surface area contributed by atoms with E-state index in [4.69, 9.17) is 16.2 Å². The summed E-state index contributed by atoms with van der Waals surface area (Å²) in [7, 11) is 0. The maximum atomic E-state index is 11.4. The SMILES string of the molecule is CC(C)/C(N)=C1\C(=O)COCC1N. The molecular formula is C9H16N2O2. The first-order valence-corrected chi connectivity index (χ1v) is 4.40. The zero-order valence-corrected chi connectivity index (χ0v) is 8.04. The van der Waals surface area contributed by atoms with Crippen LogP contribution in [0, 0.1) is 5.92 Å². The quantitative estimate of drug-likeness (QED) is 0.552. The lowest BCUT2D eigenvalue weighted by Gasteiger charge is -2.24. The number of rotatable bonds is 1. The van der Waals surface area contributed by atoms with Crippen LogP contribution in [0.4, 0.5) is 0 Å². The summed E-state index contributed by atoms with van der Waals surface area (Å²) in [5.41, 5.74) is 12.7. The van der Waals surface area contributed by atoms with Gasteiger partial charge in [-0.25, -0.2) is 0 Å². The van der Waals surface area contributed by atoms with Gasteiger partial charge in [0.05, 0.1) is 12.6 Å². The van der Waals surface area contributed by atoms with Gasteiger partial charge in [-0.15, -0.1) is 0 Å². The summed E-state index contributed by atoms with van der Waals surface area (Å²) in [6.07, 6.45) is 0. The van der Waals surface area contributed by atoms with Crippen LogP contribution in [0.2, 0.25) is 0 Å². The molecule has 0 aromatic heterocycles. The van der Waals surface area contributed by atoms with Gasteiger partial charge >= 0.3 is 0 Å². The van der Waals surface area contributed by atoms with Crippen LogP contribution in [0.25, 0.3) is 0 Å². The van der Waals surface area contributed by atoms with Crippen molar-refractivity contribution in [2.45, 2.75) is 19.9 Å². The molecule has 1 atom stereocenters. The summed E-state index contributed by atoms with van der Waals surface area (Å²) >= 11 is 0. The zero-order chi connectivity index (χ0) is 10.0. The Morgan fingerprint density at radius 3 is 2.69 bits per heavy atom. The molecule has 0 saturated carbocycles. The molecule has 4 N–H and O–H groups in total. The summed E-state index contributed by atoms with van der Waals surface area (Å²) in [5.74, 6) is 0.0769. The number of nitrogens with two attached hydrogens (primary N) is 2. The molecule has 0 amide bonds. The van der Waals surface area contributed by atoms with E-state index < -0.39 is 0 Å². The van der Waals surface area contributed by atoms with Gasteiger partial charge in [0.25, 0.3) is 0 Å². The van der Waals surface area contributed by atoms with Crippen molar-refractivity contribution in [2.75, 3.05) is 13.2 Å². The molecule has 1 unspecified atom stereocenters. The first-order valence-electron chi connectivity index (χ1n) is 4.40. The highest BCUT2D eigenvalue weighted by molar-refractivity contribution is 5.98. The number of carbonyl (C=O) groups is 1. The Bertz CT molecular complexity index is 246. The molecule has 74 valence electrons. The molecule has 0 aromatic carbocycles. The lowest BCUT2D eigenvalue weighted by atomic mass is 9.95. The molecule has 1 heterocycles. The van der Waals surface area contributed by atoms with Gasteiger partial charge in [0.1, 0.15) is 6.61 Å². The largest absolute Gasteiger partial charge is 0.401 e. The molecule has 1 saturated heterocycles. The van der Waals surface area contributed by atoms with Crippen molar-refractivity contribution in [3.63, 3.8) is 0 Å². The van der Waals surface area contributed by atoms with Gasteiger partial charge in [0, 0.05) is 11.3 Å². The van der Waals surface area contributed by atoms with Crippen LogP contribution in [-0.2, 0) is 9.53 Å². The summed E-state index contributed by atoms with van der Waals surface area (Å²) in [5, 5.41) is 0. The van der Waals surface area contributed by atoms with Crippen LogP contribution >= 0.6 is 0 Å². The molecule has 0 spiro atoms. The molecule has 0 radical (unpaired) electrons. The molecule has 4 nitrogen and oxygen atoms in total. The highest BCUT2D eigenvalue weighted by Gasteiger charge is 2.26. The smallest absolute Gasteiger partial charge is 0.187 e. The Labute approximate surface area is 77.9 Å². The lowest BCUT2D eigenvalue weighted by molar-refractivity contribution is -0.122. The number of carbonyl (C=O) groups excluding carboxylic acids is 1. The Morgan fingerprint density at radius 2 is 2.23 bits per heavy atom. The van der Waals surface area contributed by atoms with Crippen LogP contribution < -0.4 is 11.5 Å². The maximum Gasteiger partial charge on any atom is 0.187 e. The third kappa shape index (κ3) is 2.08. The molecule has 4 heteroatoms. The fourth-order valence-electron chi connectivity index (χ4n) is 1.33. The van der Waals surface area contributed by atoms with Gasteiger partial charge in [-0.3, -0.25) is 4.79 Å². The van der Waals surface area contributed by atoms with E-state index in [-0.39, 0.29) is 24.3 Å². The summed E-state index contributed by atoms with van der Waals surface area (Å²) in [6.45, 7) is 4.38. The van der Waals surface area contributed by atoms with Crippen molar-refractivity contribution in [1.82, 2.24) is 0 Å². The first-order chi connectivity index (χ1) is 6.04. The number of ether oxygens (including phenoxy) is 1.